The molecule has 0 aromatic heterocycles. The quantitative estimate of drug-likeness (QED) is 0.819. The average molecular weight is 280 g/mol. The summed E-state index contributed by atoms with van der Waals surface area (Å²) in [6.45, 7) is 6.28. The van der Waals surface area contributed by atoms with Crippen LogP contribution in [0.1, 0.15) is 19.4 Å². The standard InChI is InChI=1S/C17H20N4/c1-3-21(4-2)15-8-6-14(7-9-15)20-17-10-5-13(12-18)11-16(17)19/h5-11,20H,3-4,19H2,1-2H3. The number of anilines is 4. The maximum Gasteiger partial charge on any atom is 0.0992 e. The molecule has 0 fully saturated rings. The molecule has 0 unspecified atom stereocenters. The molecule has 4 nitrogen and oxygen atoms in total. The first-order chi connectivity index (χ1) is 10.2. The van der Waals surface area contributed by atoms with Gasteiger partial charge in [0.05, 0.1) is 23.0 Å². The van der Waals surface area contributed by atoms with E-state index in [-0.39, 0.29) is 0 Å². The van der Waals surface area contributed by atoms with E-state index in [1.807, 2.05) is 18.2 Å². The lowest BCUT2D eigenvalue weighted by atomic mass is 10.2. The smallest absolute Gasteiger partial charge is 0.0992 e. The highest BCUT2D eigenvalue weighted by Crippen LogP contribution is 2.25. The predicted octanol–water partition coefficient (Wildman–Crippen LogP) is 3.73. The van der Waals surface area contributed by atoms with E-state index in [9.17, 15) is 0 Å². The van der Waals surface area contributed by atoms with Crippen molar-refractivity contribution in [1.82, 2.24) is 0 Å². The van der Waals surface area contributed by atoms with Crippen LogP contribution < -0.4 is 16.0 Å². The normalized spacial score (nSPS) is 9.95. The number of benzene rings is 2. The number of nitrogens with two attached hydrogens (primary N) is 1. The van der Waals surface area contributed by atoms with E-state index < -0.39 is 0 Å². The zero-order chi connectivity index (χ0) is 15.2. The Bertz CT molecular complexity index is 637. The van der Waals surface area contributed by atoms with E-state index in [1.165, 1.54) is 5.69 Å². The number of hydrogen-bond donors (Lipinski definition) is 2. The molecule has 0 aliphatic carbocycles. The minimum atomic E-state index is 0.565. The lowest BCUT2D eigenvalue weighted by Gasteiger charge is -2.21. The van der Waals surface area contributed by atoms with Crippen LogP contribution in [0.4, 0.5) is 22.7 Å². The summed E-state index contributed by atoms with van der Waals surface area (Å²) in [6, 6.07) is 15.6. The molecule has 0 heterocycles. The van der Waals surface area contributed by atoms with Crippen LogP contribution >= 0.6 is 0 Å². The van der Waals surface area contributed by atoms with Crippen LogP contribution in [-0.2, 0) is 0 Å². The molecule has 0 amide bonds. The Morgan fingerprint density at radius 3 is 2.29 bits per heavy atom. The molecule has 3 N–H and O–H groups in total. The van der Waals surface area contributed by atoms with Crippen molar-refractivity contribution in [1.29, 1.82) is 5.26 Å². The van der Waals surface area contributed by atoms with E-state index in [0.29, 0.717) is 11.3 Å². The Labute approximate surface area is 125 Å². The van der Waals surface area contributed by atoms with Gasteiger partial charge in [-0.2, -0.15) is 5.26 Å². The van der Waals surface area contributed by atoms with Gasteiger partial charge in [0.1, 0.15) is 0 Å². The first kappa shape index (κ1) is 14.7. The third-order valence-electron chi connectivity index (χ3n) is 3.46. The molecule has 0 aliphatic heterocycles. The van der Waals surface area contributed by atoms with E-state index >= 15 is 0 Å². The zero-order valence-corrected chi connectivity index (χ0v) is 12.4. The zero-order valence-electron chi connectivity index (χ0n) is 12.4. The summed E-state index contributed by atoms with van der Waals surface area (Å²) in [5.41, 5.74) is 10.1. The molecular formula is C17H20N4. The summed E-state index contributed by atoms with van der Waals surface area (Å²) in [5, 5.41) is 12.1. The van der Waals surface area contributed by atoms with Gasteiger partial charge in [0.15, 0.2) is 0 Å². The van der Waals surface area contributed by atoms with E-state index in [0.717, 1.165) is 24.5 Å². The molecule has 0 atom stereocenters. The molecule has 0 radical (unpaired) electrons. The molecule has 2 rings (SSSR count). The van der Waals surface area contributed by atoms with Crippen LogP contribution in [0.5, 0.6) is 0 Å². The Kier molecular flexibility index (Phi) is 4.68. The van der Waals surface area contributed by atoms with Gasteiger partial charge >= 0.3 is 0 Å². The average Bonchev–Trinajstić information content (AvgIpc) is 2.52. The van der Waals surface area contributed by atoms with Gasteiger partial charge in [0.2, 0.25) is 0 Å². The lowest BCUT2D eigenvalue weighted by molar-refractivity contribution is 0.866. The van der Waals surface area contributed by atoms with Gasteiger partial charge in [-0.1, -0.05) is 0 Å². The first-order valence-electron chi connectivity index (χ1n) is 7.09. The maximum atomic E-state index is 8.84. The largest absolute Gasteiger partial charge is 0.397 e. The Hall–Kier alpha value is -2.67. The van der Waals surface area contributed by atoms with E-state index in [4.69, 9.17) is 11.0 Å². The first-order valence-corrected chi connectivity index (χ1v) is 7.09. The molecule has 2 aromatic carbocycles. The van der Waals surface area contributed by atoms with E-state index in [1.54, 1.807) is 12.1 Å². The second-order valence-electron chi connectivity index (χ2n) is 4.76. The van der Waals surface area contributed by atoms with Crippen molar-refractivity contribution in [3.63, 3.8) is 0 Å². The van der Waals surface area contributed by atoms with Crippen molar-refractivity contribution >= 4 is 22.7 Å². The summed E-state index contributed by atoms with van der Waals surface area (Å²) in [4.78, 5) is 2.29. The summed E-state index contributed by atoms with van der Waals surface area (Å²) >= 11 is 0. The van der Waals surface area contributed by atoms with Crippen molar-refractivity contribution < 1.29 is 0 Å². The monoisotopic (exact) mass is 280 g/mol. The van der Waals surface area contributed by atoms with Crippen LogP contribution in [0.25, 0.3) is 0 Å². The van der Waals surface area contributed by atoms with Crippen LogP contribution in [0, 0.1) is 11.3 Å². The Morgan fingerprint density at radius 1 is 1.10 bits per heavy atom. The fraction of sp³-hybridized carbons (Fsp3) is 0.235. The van der Waals surface area contributed by atoms with Gasteiger partial charge < -0.3 is 16.0 Å². The van der Waals surface area contributed by atoms with Gasteiger partial charge in [-0.15, -0.1) is 0 Å². The molecule has 21 heavy (non-hydrogen) atoms. The number of hydrogen-bond acceptors (Lipinski definition) is 4. The number of rotatable bonds is 5. The number of nitrogen functional groups attached to an aromatic ring is 1. The molecule has 108 valence electrons. The lowest BCUT2D eigenvalue weighted by Crippen LogP contribution is -2.21. The van der Waals surface area contributed by atoms with E-state index in [2.05, 4.69) is 42.3 Å². The Morgan fingerprint density at radius 2 is 1.76 bits per heavy atom. The van der Waals surface area contributed by atoms with Crippen molar-refractivity contribution in [2.24, 2.45) is 0 Å². The summed E-state index contributed by atoms with van der Waals surface area (Å²) < 4.78 is 0. The molecule has 0 aliphatic rings. The summed E-state index contributed by atoms with van der Waals surface area (Å²) in [6.07, 6.45) is 0. The van der Waals surface area contributed by atoms with Gasteiger partial charge in [0.25, 0.3) is 0 Å². The molecule has 0 spiro atoms. The molecule has 0 bridgehead atoms. The van der Waals surface area contributed by atoms with Crippen molar-refractivity contribution in [2.45, 2.75) is 13.8 Å². The topological polar surface area (TPSA) is 65.1 Å². The fourth-order valence-electron chi connectivity index (χ4n) is 2.25. The predicted molar refractivity (Wildman–Crippen MR) is 88.9 cm³/mol. The highest BCUT2D eigenvalue weighted by molar-refractivity contribution is 5.74. The second kappa shape index (κ2) is 6.67. The van der Waals surface area contributed by atoms with Crippen molar-refractivity contribution in [2.75, 3.05) is 29.0 Å². The van der Waals surface area contributed by atoms with Crippen LogP contribution in [0.3, 0.4) is 0 Å². The number of nitrogens with zero attached hydrogens (tertiary/aromatic N) is 2. The number of nitrogens with one attached hydrogen (secondary N) is 1. The van der Waals surface area contributed by atoms with Gasteiger partial charge in [0, 0.05) is 24.5 Å². The summed E-state index contributed by atoms with van der Waals surface area (Å²) in [7, 11) is 0. The second-order valence-corrected chi connectivity index (χ2v) is 4.76. The highest BCUT2D eigenvalue weighted by atomic mass is 15.1. The maximum absolute atomic E-state index is 8.84. The third kappa shape index (κ3) is 3.46. The molecule has 2 aromatic rings. The SMILES string of the molecule is CCN(CC)c1ccc(Nc2ccc(C#N)cc2N)cc1. The van der Waals surface area contributed by atoms with Crippen molar-refractivity contribution in [3.05, 3.63) is 48.0 Å². The molecular weight excluding hydrogens is 260 g/mol. The number of nitriles is 1. The summed E-state index contributed by atoms with van der Waals surface area (Å²) in [5.74, 6) is 0. The van der Waals surface area contributed by atoms with Gasteiger partial charge in [-0.05, 0) is 56.3 Å². The van der Waals surface area contributed by atoms with Crippen LogP contribution in [0.15, 0.2) is 42.5 Å². The van der Waals surface area contributed by atoms with Crippen LogP contribution in [-0.4, -0.2) is 13.1 Å². The molecule has 0 saturated heterocycles. The minimum absolute atomic E-state index is 0.565. The Balaban J connectivity index is 2.15. The van der Waals surface area contributed by atoms with Crippen LogP contribution in [0.2, 0.25) is 0 Å². The molecule has 0 saturated carbocycles. The fourth-order valence-corrected chi connectivity index (χ4v) is 2.25. The third-order valence-corrected chi connectivity index (χ3v) is 3.46. The minimum Gasteiger partial charge on any atom is -0.397 e. The van der Waals surface area contributed by atoms with Crippen molar-refractivity contribution in [3.8, 4) is 6.07 Å². The molecule has 4 heteroatoms. The van der Waals surface area contributed by atoms with Gasteiger partial charge in [-0.3, -0.25) is 0 Å². The van der Waals surface area contributed by atoms with Gasteiger partial charge in [-0.25, -0.2) is 0 Å². The highest BCUT2D eigenvalue weighted by Gasteiger charge is 2.04.